The van der Waals surface area contributed by atoms with E-state index in [1.165, 1.54) is 10.4 Å². The van der Waals surface area contributed by atoms with Crippen molar-refractivity contribution in [2.24, 2.45) is 0 Å². The molecule has 92 valence electrons. The van der Waals surface area contributed by atoms with Crippen LogP contribution in [0.1, 0.15) is 44.2 Å². The van der Waals surface area contributed by atoms with Crippen LogP contribution in [0.3, 0.4) is 0 Å². The molecule has 16 heavy (non-hydrogen) atoms. The summed E-state index contributed by atoms with van der Waals surface area (Å²) in [6.07, 6.45) is 0. The summed E-state index contributed by atoms with van der Waals surface area (Å²) in [5, 5.41) is 5.85. The van der Waals surface area contributed by atoms with Gasteiger partial charge in [0.2, 0.25) is 0 Å². The normalized spacial score (nSPS) is 14.1. The SMILES string of the molecule is CCNC(CSC(C)(C)C)c1csc(C)c1. The molecule has 0 radical (unpaired) electrons. The lowest BCUT2D eigenvalue weighted by atomic mass is 10.1. The molecule has 1 heterocycles. The molecular formula is C13H23NS2. The van der Waals surface area contributed by atoms with E-state index in [2.05, 4.69) is 51.4 Å². The van der Waals surface area contributed by atoms with Crippen LogP contribution in [-0.2, 0) is 0 Å². The molecule has 3 heteroatoms. The Morgan fingerprint density at radius 2 is 2.12 bits per heavy atom. The number of rotatable bonds is 5. The maximum atomic E-state index is 3.57. The van der Waals surface area contributed by atoms with Gasteiger partial charge in [-0.25, -0.2) is 0 Å². The first-order chi connectivity index (χ1) is 7.42. The summed E-state index contributed by atoms with van der Waals surface area (Å²) in [4.78, 5) is 1.40. The summed E-state index contributed by atoms with van der Waals surface area (Å²) >= 11 is 3.87. The highest BCUT2D eigenvalue weighted by atomic mass is 32.2. The van der Waals surface area contributed by atoms with Crippen LogP contribution >= 0.6 is 23.1 Å². The first-order valence-electron chi connectivity index (χ1n) is 5.84. The van der Waals surface area contributed by atoms with Crippen LogP contribution in [0.4, 0.5) is 0 Å². The third-order valence-electron chi connectivity index (χ3n) is 2.29. The first kappa shape index (κ1) is 14.1. The van der Waals surface area contributed by atoms with Crippen molar-refractivity contribution < 1.29 is 0 Å². The summed E-state index contributed by atoms with van der Waals surface area (Å²) in [7, 11) is 0. The summed E-state index contributed by atoms with van der Waals surface area (Å²) in [5.74, 6) is 1.15. The van der Waals surface area contributed by atoms with Gasteiger partial charge in [0.05, 0.1) is 0 Å². The predicted octanol–water partition coefficient (Wildman–Crippen LogP) is 4.24. The summed E-state index contributed by atoms with van der Waals surface area (Å²) in [5.41, 5.74) is 1.45. The monoisotopic (exact) mass is 257 g/mol. The molecule has 0 amide bonds. The van der Waals surface area contributed by atoms with Gasteiger partial charge in [0.15, 0.2) is 0 Å². The van der Waals surface area contributed by atoms with E-state index in [-0.39, 0.29) is 0 Å². The van der Waals surface area contributed by atoms with Gasteiger partial charge in [-0.1, -0.05) is 27.7 Å². The minimum absolute atomic E-state index is 0.346. The summed E-state index contributed by atoms with van der Waals surface area (Å²) in [6, 6.07) is 2.81. The second-order valence-electron chi connectivity index (χ2n) is 5.02. The lowest BCUT2D eigenvalue weighted by molar-refractivity contribution is 0.604. The van der Waals surface area contributed by atoms with Crippen LogP contribution < -0.4 is 5.32 Å². The van der Waals surface area contributed by atoms with Crippen LogP contribution in [0.2, 0.25) is 0 Å². The lowest BCUT2D eigenvalue weighted by Crippen LogP contribution is -2.24. The highest BCUT2D eigenvalue weighted by molar-refractivity contribution is 8.00. The molecule has 1 aromatic heterocycles. The minimum Gasteiger partial charge on any atom is -0.309 e. The van der Waals surface area contributed by atoms with Crippen molar-refractivity contribution in [3.8, 4) is 0 Å². The van der Waals surface area contributed by atoms with Crippen LogP contribution in [-0.4, -0.2) is 17.0 Å². The quantitative estimate of drug-likeness (QED) is 0.847. The van der Waals surface area contributed by atoms with Gasteiger partial charge in [-0.05, 0) is 30.5 Å². The Labute approximate surface area is 108 Å². The van der Waals surface area contributed by atoms with Crippen LogP contribution in [0.25, 0.3) is 0 Å². The number of aryl methyl sites for hydroxylation is 1. The van der Waals surface area contributed by atoms with Gasteiger partial charge in [-0.15, -0.1) is 11.3 Å². The first-order valence-corrected chi connectivity index (χ1v) is 7.71. The van der Waals surface area contributed by atoms with Gasteiger partial charge in [-0.3, -0.25) is 0 Å². The fourth-order valence-corrected chi connectivity index (χ4v) is 3.23. The number of hydrogen-bond acceptors (Lipinski definition) is 3. The van der Waals surface area contributed by atoms with Gasteiger partial charge >= 0.3 is 0 Å². The maximum Gasteiger partial charge on any atom is 0.0420 e. The Kier molecular flexibility index (Phi) is 5.35. The molecule has 1 unspecified atom stereocenters. The number of thioether (sulfide) groups is 1. The molecule has 0 aromatic carbocycles. The molecule has 1 N–H and O–H groups in total. The average molecular weight is 257 g/mol. The van der Waals surface area contributed by atoms with Crippen LogP contribution in [0, 0.1) is 6.92 Å². The fraction of sp³-hybridized carbons (Fsp3) is 0.692. The summed E-state index contributed by atoms with van der Waals surface area (Å²) in [6.45, 7) is 12.2. The predicted molar refractivity (Wildman–Crippen MR) is 77.7 cm³/mol. The third kappa shape index (κ3) is 4.89. The molecule has 1 nitrogen and oxygen atoms in total. The van der Waals surface area contributed by atoms with Crippen LogP contribution in [0.15, 0.2) is 11.4 Å². The van der Waals surface area contributed by atoms with Gasteiger partial charge in [-0.2, -0.15) is 11.8 Å². The van der Waals surface area contributed by atoms with E-state index < -0.39 is 0 Å². The van der Waals surface area contributed by atoms with Crippen molar-refractivity contribution >= 4 is 23.1 Å². The largest absolute Gasteiger partial charge is 0.309 e. The molecule has 0 saturated carbocycles. The van der Waals surface area contributed by atoms with E-state index in [9.17, 15) is 0 Å². The highest BCUT2D eigenvalue weighted by Gasteiger charge is 2.17. The van der Waals surface area contributed by atoms with E-state index in [0.29, 0.717) is 10.8 Å². The molecule has 1 rings (SSSR count). The highest BCUT2D eigenvalue weighted by Crippen LogP contribution is 2.30. The van der Waals surface area contributed by atoms with E-state index >= 15 is 0 Å². The number of nitrogens with one attached hydrogen (secondary N) is 1. The Hall–Kier alpha value is 0.0100. The molecular weight excluding hydrogens is 234 g/mol. The molecule has 0 fully saturated rings. The van der Waals surface area contributed by atoms with Crippen molar-refractivity contribution in [2.45, 2.75) is 45.4 Å². The molecule has 0 saturated heterocycles. The van der Waals surface area contributed by atoms with Crippen LogP contribution in [0.5, 0.6) is 0 Å². The van der Waals surface area contributed by atoms with E-state index in [4.69, 9.17) is 0 Å². The van der Waals surface area contributed by atoms with Crippen molar-refractivity contribution in [3.63, 3.8) is 0 Å². The molecule has 0 aliphatic rings. The summed E-state index contributed by atoms with van der Waals surface area (Å²) < 4.78 is 0.346. The molecule has 0 spiro atoms. The van der Waals surface area contributed by atoms with E-state index in [1.807, 2.05) is 23.1 Å². The van der Waals surface area contributed by atoms with Crippen molar-refractivity contribution in [1.82, 2.24) is 5.32 Å². The second kappa shape index (κ2) is 6.08. The van der Waals surface area contributed by atoms with E-state index in [0.717, 1.165) is 12.3 Å². The molecule has 1 atom stereocenters. The van der Waals surface area contributed by atoms with Gasteiger partial charge in [0.1, 0.15) is 0 Å². The van der Waals surface area contributed by atoms with Crippen molar-refractivity contribution in [2.75, 3.05) is 12.3 Å². The molecule has 1 aromatic rings. The number of thiophene rings is 1. The van der Waals surface area contributed by atoms with Crippen molar-refractivity contribution in [3.05, 3.63) is 21.9 Å². The van der Waals surface area contributed by atoms with Gasteiger partial charge in [0.25, 0.3) is 0 Å². The van der Waals surface area contributed by atoms with Crippen molar-refractivity contribution in [1.29, 1.82) is 0 Å². The lowest BCUT2D eigenvalue weighted by Gasteiger charge is -2.23. The zero-order valence-corrected chi connectivity index (χ0v) is 12.6. The Balaban J connectivity index is 2.61. The van der Waals surface area contributed by atoms with E-state index in [1.54, 1.807) is 0 Å². The topological polar surface area (TPSA) is 12.0 Å². The second-order valence-corrected chi connectivity index (χ2v) is 7.99. The molecule has 0 aliphatic carbocycles. The standard InChI is InChI=1S/C13H23NS2/c1-6-14-12(9-16-13(3,4)5)11-7-10(2)15-8-11/h7-8,12,14H,6,9H2,1-5H3. The van der Waals surface area contributed by atoms with Gasteiger partial charge in [0, 0.05) is 21.4 Å². The number of hydrogen-bond donors (Lipinski definition) is 1. The molecule has 0 bridgehead atoms. The zero-order valence-electron chi connectivity index (χ0n) is 11.0. The maximum absolute atomic E-state index is 3.57. The van der Waals surface area contributed by atoms with Gasteiger partial charge < -0.3 is 5.32 Å². The zero-order chi connectivity index (χ0) is 12.2. The Morgan fingerprint density at radius 3 is 2.56 bits per heavy atom. The average Bonchev–Trinajstić information content (AvgIpc) is 2.57. The minimum atomic E-state index is 0.346. The smallest absolute Gasteiger partial charge is 0.0420 e. The third-order valence-corrected chi connectivity index (χ3v) is 4.53. The Morgan fingerprint density at radius 1 is 1.44 bits per heavy atom. The molecule has 0 aliphatic heterocycles. The Bertz CT molecular complexity index is 312. The fourth-order valence-electron chi connectivity index (χ4n) is 1.50.